The van der Waals surface area contributed by atoms with E-state index in [2.05, 4.69) is 47.6 Å². The van der Waals surface area contributed by atoms with Crippen LogP contribution in [0.5, 0.6) is 5.88 Å². The van der Waals surface area contributed by atoms with Crippen LogP contribution in [0.15, 0.2) is 60.8 Å². The summed E-state index contributed by atoms with van der Waals surface area (Å²) in [6, 6.07) is 18.6. The highest BCUT2D eigenvalue weighted by Crippen LogP contribution is 2.26. The van der Waals surface area contributed by atoms with Gasteiger partial charge in [-0.15, -0.1) is 0 Å². The van der Waals surface area contributed by atoms with Gasteiger partial charge in [0.15, 0.2) is 0 Å². The fourth-order valence-electron chi connectivity index (χ4n) is 2.77. The van der Waals surface area contributed by atoms with E-state index in [1.54, 1.807) is 0 Å². The molecule has 3 heteroatoms. The van der Waals surface area contributed by atoms with Gasteiger partial charge in [0, 0.05) is 35.6 Å². The van der Waals surface area contributed by atoms with Crippen molar-refractivity contribution < 1.29 is 4.74 Å². The molecule has 0 radical (unpaired) electrons. The number of aryl methyl sites for hydroxylation is 2. The van der Waals surface area contributed by atoms with Crippen LogP contribution in [-0.4, -0.2) is 12.0 Å². The molecule has 3 aromatic rings. The summed E-state index contributed by atoms with van der Waals surface area (Å²) in [7, 11) is 1.93. The number of pyridine rings is 1. The maximum Gasteiger partial charge on any atom is 0.216 e. The first-order valence-electron chi connectivity index (χ1n) is 8.10. The molecule has 0 saturated heterocycles. The Morgan fingerprint density at radius 1 is 0.917 bits per heavy atom. The Hall–Kier alpha value is -2.81. The molecule has 0 aliphatic carbocycles. The number of hydrogen-bond donors (Lipinski definition) is 1. The van der Waals surface area contributed by atoms with Crippen molar-refractivity contribution in [1.82, 2.24) is 4.98 Å². The van der Waals surface area contributed by atoms with Crippen molar-refractivity contribution in [2.24, 2.45) is 0 Å². The van der Waals surface area contributed by atoms with E-state index in [1.165, 1.54) is 5.56 Å². The number of benzene rings is 2. The Balaban J connectivity index is 1.80. The van der Waals surface area contributed by atoms with E-state index in [0.717, 1.165) is 27.9 Å². The van der Waals surface area contributed by atoms with Gasteiger partial charge in [-0.25, -0.2) is 4.98 Å². The molecule has 0 unspecified atom stereocenters. The Morgan fingerprint density at radius 3 is 2.42 bits per heavy atom. The van der Waals surface area contributed by atoms with Crippen LogP contribution in [0.4, 0.5) is 5.69 Å². The second-order valence-electron chi connectivity index (χ2n) is 5.85. The molecule has 2 aromatic carbocycles. The van der Waals surface area contributed by atoms with Crippen LogP contribution in [0.2, 0.25) is 0 Å². The summed E-state index contributed by atoms with van der Waals surface area (Å²) < 4.78 is 5.99. The number of aromatic nitrogens is 1. The smallest absolute Gasteiger partial charge is 0.216 e. The normalized spacial score (nSPS) is 10.5. The average molecular weight is 318 g/mol. The van der Waals surface area contributed by atoms with E-state index in [-0.39, 0.29) is 0 Å². The fourth-order valence-corrected chi connectivity index (χ4v) is 2.77. The van der Waals surface area contributed by atoms with Crippen molar-refractivity contribution in [3.63, 3.8) is 0 Å². The number of ether oxygens (including phenoxy) is 1. The number of anilines is 1. The van der Waals surface area contributed by atoms with Gasteiger partial charge in [0.2, 0.25) is 5.88 Å². The molecule has 0 spiro atoms. The van der Waals surface area contributed by atoms with Crippen molar-refractivity contribution in [2.75, 3.05) is 12.4 Å². The molecule has 1 heterocycles. The van der Waals surface area contributed by atoms with E-state index < -0.39 is 0 Å². The molecular formula is C21H22N2O. The maximum atomic E-state index is 5.99. The monoisotopic (exact) mass is 318 g/mol. The lowest BCUT2D eigenvalue weighted by Gasteiger charge is -2.14. The first-order valence-corrected chi connectivity index (χ1v) is 8.10. The molecule has 0 aliphatic heterocycles. The van der Waals surface area contributed by atoms with Crippen molar-refractivity contribution in [2.45, 2.75) is 20.5 Å². The van der Waals surface area contributed by atoms with Gasteiger partial charge in [0.05, 0.1) is 0 Å². The lowest BCUT2D eigenvalue weighted by molar-refractivity contribution is 0.291. The summed E-state index contributed by atoms with van der Waals surface area (Å²) in [5, 5.41) is 3.22. The molecular weight excluding hydrogens is 296 g/mol. The molecule has 1 N–H and O–H groups in total. The van der Waals surface area contributed by atoms with Crippen LogP contribution in [0.25, 0.3) is 11.1 Å². The molecule has 0 saturated carbocycles. The van der Waals surface area contributed by atoms with Crippen LogP contribution in [0.1, 0.15) is 16.7 Å². The number of hydrogen-bond acceptors (Lipinski definition) is 3. The Bertz CT molecular complexity index is 828. The molecule has 1 aromatic heterocycles. The van der Waals surface area contributed by atoms with E-state index in [0.29, 0.717) is 12.5 Å². The second-order valence-corrected chi connectivity index (χ2v) is 5.85. The van der Waals surface area contributed by atoms with Crippen molar-refractivity contribution in [1.29, 1.82) is 0 Å². The summed E-state index contributed by atoms with van der Waals surface area (Å²) >= 11 is 0. The zero-order valence-corrected chi connectivity index (χ0v) is 14.3. The first-order chi connectivity index (χ1) is 11.7. The van der Waals surface area contributed by atoms with Crippen molar-refractivity contribution >= 4 is 5.69 Å². The third-order valence-electron chi connectivity index (χ3n) is 4.17. The molecule has 0 fully saturated rings. The number of rotatable bonds is 5. The lowest BCUT2D eigenvalue weighted by atomic mass is 10.1. The third kappa shape index (κ3) is 3.40. The van der Waals surface area contributed by atoms with Crippen LogP contribution in [-0.2, 0) is 6.61 Å². The Kier molecular flexibility index (Phi) is 4.80. The van der Waals surface area contributed by atoms with Crippen LogP contribution >= 0.6 is 0 Å². The highest BCUT2D eigenvalue weighted by atomic mass is 16.5. The molecule has 122 valence electrons. The predicted molar refractivity (Wildman–Crippen MR) is 99.5 cm³/mol. The molecule has 24 heavy (non-hydrogen) atoms. The van der Waals surface area contributed by atoms with Gasteiger partial charge in [0.25, 0.3) is 0 Å². The van der Waals surface area contributed by atoms with E-state index in [9.17, 15) is 0 Å². The highest BCUT2D eigenvalue weighted by molar-refractivity contribution is 5.63. The van der Waals surface area contributed by atoms with Crippen molar-refractivity contribution in [3.8, 4) is 17.0 Å². The van der Waals surface area contributed by atoms with Crippen molar-refractivity contribution in [3.05, 3.63) is 77.5 Å². The fraction of sp³-hybridized carbons (Fsp3) is 0.190. The maximum absolute atomic E-state index is 5.99. The third-order valence-corrected chi connectivity index (χ3v) is 4.17. The zero-order chi connectivity index (χ0) is 16.9. The minimum atomic E-state index is 0.501. The zero-order valence-electron chi connectivity index (χ0n) is 14.3. The molecule has 3 nitrogen and oxygen atoms in total. The van der Waals surface area contributed by atoms with Crippen LogP contribution < -0.4 is 10.1 Å². The predicted octanol–water partition coefficient (Wildman–Crippen LogP) is 4.99. The van der Waals surface area contributed by atoms with Gasteiger partial charge in [-0.1, -0.05) is 42.5 Å². The van der Waals surface area contributed by atoms with Gasteiger partial charge in [-0.2, -0.15) is 0 Å². The summed E-state index contributed by atoms with van der Waals surface area (Å²) in [5.74, 6) is 0.681. The largest absolute Gasteiger partial charge is 0.473 e. The van der Waals surface area contributed by atoms with E-state index in [4.69, 9.17) is 4.74 Å². The minimum absolute atomic E-state index is 0.501. The van der Waals surface area contributed by atoms with Crippen LogP contribution in [0.3, 0.4) is 0 Å². The number of nitrogens with zero attached hydrogens (tertiary/aromatic N) is 1. The Morgan fingerprint density at radius 2 is 1.71 bits per heavy atom. The van der Waals surface area contributed by atoms with Gasteiger partial charge in [-0.05, 0) is 37.1 Å². The quantitative estimate of drug-likeness (QED) is 0.720. The molecule has 0 amide bonds. The summed E-state index contributed by atoms with van der Waals surface area (Å²) in [5.41, 5.74) is 6.77. The molecule has 3 rings (SSSR count). The summed E-state index contributed by atoms with van der Waals surface area (Å²) in [6.07, 6.45) is 1.87. The molecule has 0 atom stereocenters. The van der Waals surface area contributed by atoms with Gasteiger partial charge < -0.3 is 10.1 Å². The first kappa shape index (κ1) is 16.1. The van der Waals surface area contributed by atoms with E-state index >= 15 is 0 Å². The van der Waals surface area contributed by atoms with E-state index in [1.807, 2.05) is 44.4 Å². The highest BCUT2D eigenvalue weighted by Gasteiger charge is 2.09. The Labute approximate surface area is 143 Å². The second kappa shape index (κ2) is 7.18. The van der Waals surface area contributed by atoms with Gasteiger partial charge in [0.1, 0.15) is 6.61 Å². The molecule has 0 bridgehead atoms. The SMILES string of the molecule is CNc1cccc(C)c1COc1ncc(-c2ccccc2)cc1C. The summed E-state index contributed by atoms with van der Waals surface area (Å²) in [6.45, 7) is 4.63. The summed E-state index contributed by atoms with van der Waals surface area (Å²) in [4.78, 5) is 4.51. The van der Waals surface area contributed by atoms with Crippen LogP contribution in [0, 0.1) is 13.8 Å². The lowest BCUT2D eigenvalue weighted by Crippen LogP contribution is -2.04. The minimum Gasteiger partial charge on any atom is -0.473 e. The number of nitrogens with one attached hydrogen (secondary N) is 1. The average Bonchev–Trinajstić information content (AvgIpc) is 2.62. The molecule has 0 aliphatic rings. The topological polar surface area (TPSA) is 34.1 Å². The van der Waals surface area contributed by atoms with Gasteiger partial charge in [-0.3, -0.25) is 0 Å². The van der Waals surface area contributed by atoms with Gasteiger partial charge >= 0.3 is 0 Å². The standard InChI is InChI=1S/C21H22N2O/c1-15-8-7-11-20(22-3)19(15)14-24-21-16(2)12-18(13-23-21)17-9-5-4-6-10-17/h4-13,22H,14H2,1-3H3.